The maximum Gasteiger partial charge on any atom is 0.421 e. The van der Waals surface area contributed by atoms with Crippen LogP contribution in [0.4, 0.5) is 22.0 Å². The van der Waals surface area contributed by atoms with Gasteiger partial charge in [-0.3, -0.25) is 9.59 Å². The highest BCUT2D eigenvalue weighted by molar-refractivity contribution is 5.80. The molecular weight excluding hydrogens is 449 g/mol. The van der Waals surface area contributed by atoms with Crippen LogP contribution in [-0.4, -0.2) is 20.8 Å². The van der Waals surface area contributed by atoms with Gasteiger partial charge in [-0.2, -0.15) is 18.2 Å². The van der Waals surface area contributed by atoms with E-state index in [0.717, 1.165) is 18.3 Å². The number of carbonyl (C=O) groups is 1. The fraction of sp³-hybridized carbons (Fsp3) is 0.0909. The van der Waals surface area contributed by atoms with Crippen LogP contribution in [0.15, 0.2) is 59.8 Å². The van der Waals surface area contributed by atoms with Crippen molar-refractivity contribution < 1.29 is 31.5 Å². The van der Waals surface area contributed by atoms with E-state index in [1.165, 1.54) is 35.2 Å². The molecule has 0 amide bonds. The summed E-state index contributed by atoms with van der Waals surface area (Å²) in [7, 11) is 0. The summed E-state index contributed by atoms with van der Waals surface area (Å²) in [4.78, 5) is 30.3. The van der Waals surface area contributed by atoms with E-state index >= 15 is 0 Å². The fourth-order valence-corrected chi connectivity index (χ4v) is 3.14. The van der Waals surface area contributed by atoms with E-state index in [-0.39, 0.29) is 35.1 Å². The van der Waals surface area contributed by atoms with Crippen LogP contribution in [0.2, 0.25) is 0 Å². The number of alkyl halides is 3. The minimum Gasteiger partial charge on any atom is -0.438 e. The van der Waals surface area contributed by atoms with Crippen molar-refractivity contribution in [3.05, 3.63) is 93.7 Å². The van der Waals surface area contributed by atoms with Crippen LogP contribution in [0.3, 0.4) is 0 Å². The highest BCUT2D eigenvalue weighted by Crippen LogP contribution is 2.37. The summed E-state index contributed by atoms with van der Waals surface area (Å²) in [5.74, 6) is -2.46. The third-order valence-electron chi connectivity index (χ3n) is 4.71. The van der Waals surface area contributed by atoms with E-state index in [1.54, 1.807) is 0 Å². The minimum atomic E-state index is -4.84. The molecule has 2 aromatic carbocycles. The van der Waals surface area contributed by atoms with Crippen LogP contribution in [0.1, 0.15) is 21.5 Å². The summed E-state index contributed by atoms with van der Waals surface area (Å²) in [5, 5.41) is -0.00408. The second-order valence-corrected chi connectivity index (χ2v) is 6.93. The second-order valence-electron chi connectivity index (χ2n) is 6.93. The number of pyridine rings is 1. The molecule has 0 aliphatic carbocycles. The summed E-state index contributed by atoms with van der Waals surface area (Å²) in [6.45, 7) is -0.0803. The molecule has 0 unspecified atom stereocenters. The van der Waals surface area contributed by atoms with E-state index in [1.807, 2.05) is 0 Å². The number of aldehydes is 1. The zero-order chi connectivity index (χ0) is 23.8. The Hall–Kier alpha value is -4.15. The van der Waals surface area contributed by atoms with Gasteiger partial charge >= 0.3 is 6.18 Å². The average Bonchev–Trinajstić information content (AvgIpc) is 2.77. The molecule has 0 saturated heterocycles. The predicted molar refractivity (Wildman–Crippen MR) is 106 cm³/mol. The number of rotatable bonds is 5. The maximum absolute atomic E-state index is 14.0. The normalized spacial score (nSPS) is 11.5. The second kappa shape index (κ2) is 8.41. The zero-order valence-electron chi connectivity index (χ0n) is 16.4. The van der Waals surface area contributed by atoms with Crippen LogP contribution in [0, 0.1) is 11.6 Å². The molecule has 0 aliphatic heterocycles. The van der Waals surface area contributed by atoms with Gasteiger partial charge in [0.15, 0.2) is 6.29 Å². The average molecular weight is 461 g/mol. The van der Waals surface area contributed by atoms with Crippen molar-refractivity contribution in [3.63, 3.8) is 0 Å². The first-order valence-corrected chi connectivity index (χ1v) is 9.29. The van der Waals surface area contributed by atoms with Crippen LogP contribution in [-0.2, 0) is 12.7 Å². The predicted octanol–water partition coefficient (Wildman–Crippen LogP) is 4.74. The van der Waals surface area contributed by atoms with Gasteiger partial charge in [0.2, 0.25) is 5.88 Å². The number of aromatic nitrogens is 3. The third kappa shape index (κ3) is 4.56. The number of hydrogen-bond donors (Lipinski definition) is 0. The largest absolute Gasteiger partial charge is 0.438 e. The Balaban J connectivity index is 1.73. The molecule has 0 radical (unpaired) electrons. The molecule has 0 aliphatic rings. The molecule has 2 heterocycles. The number of carbonyl (C=O) groups excluding carboxylic acids is 1. The molecule has 0 N–H and O–H groups in total. The highest BCUT2D eigenvalue weighted by atomic mass is 19.4. The Labute approximate surface area is 181 Å². The quantitative estimate of drug-likeness (QED) is 0.317. The number of halogens is 5. The lowest BCUT2D eigenvalue weighted by molar-refractivity contribution is -0.138. The van der Waals surface area contributed by atoms with Crippen molar-refractivity contribution in [1.82, 2.24) is 14.5 Å². The highest BCUT2D eigenvalue weighted by Gasteiger charge is 2.36. The molecule has 168 valence electrons. The Kier molecular flexibility index (Phi) is 5.62. The van der Waals surface area contributed by atoms with Crippen molar-refractivity contribution in [1.29, 1.82) is 0 Å². The first kappa shape index (κ1) is 22.1. The lowest BCUT2D eigenvalue weighted by Crippen LogP contribution is -2.14. The van der Waals surface area contributed by atoms with E-state index in [4.69, 9.17) is 4.74 Å². The summed E-state index contributed by atoms with van der Waals surface area (Å²) in [6, 6.07) is 7.53. The van der Waals surface area contributed by atoms with E-state index in [2.05, 4.69) is 9.97 Å². The van der Waals surface area contributed by atoms with Gasteiger partial charge in [-0.1, -0.05) is 6.07 Å². The molecule has 4 rings (SSSR count). The molecule has 0 saturated carbocycles. The number of ether oxygens (including phenoxy) is 1. The molecule has 0 spiro atoms. The number of fused-ring (bicyclic) bond motifs is 1. The van der Waals surface area contributed by atoms with Crippen molar-refractivity contribution in [2.24, 2.45) is 0 Å². The Bertz CT molecular complexity index is 1430. The fourth-order valence-electron chi connectivity index (χ4n) is 3.14. The number of hydrogen-bond acceptors (Lipinski definition) is 5. The topological polar surface area (TPSA) is 74.1 Å². The van der Waals surface area contributed by atoms with Gasteiger partial charge in [0.05, 0.1) is 23.8 Å². The van der Waals surface area contributed by atoms with Gasteiger partial charge in [-0.25, -0.2) is 13.8 Å². The van der Waals surface area contributed by atoms with Crippen molar-refractivity contribution in [2.45, 2.75) is 12.7 Å². The van der Waals surface area contributed by atoms with Gasteiger partial charge in [0.25, 0.3) is 5.56 Å². The Morgan fingerprint density at radius 1 is 1.03 bits per heavy atom. The van der Waals surface area contributed by atoms with Crippen LogP contribution < -0.4 is 10.3 Å². The lowest BCUT2D eigenvalue weighted by Gasteiger charge is -2.14. The van der Waals surface area contributed by atoms with E-state index in [9.17, 15) is 31.5 Å². The van der Waals surface area contributed by atoms with E-state index < -0.39 is 34.8 Å². The SMILES string of the molecule is O=Cc1cnc(Oc2ccc3c(c2)c(=O)ncn3Cc2ccc(F)cc2F)c(C(F)(F)F)c1. The molecule has 11 heteroatoms. The first-order valence-electron chi connectivity index (χ1n) is 9.29. The van der Waals surface area contributed by atoms with Crippen molar-refractivity contribution in [3.8, 4) is 11.6 Å². The first-order chi connectivity index (χ1) is 15.7. The molecule has 6 nitrogen and oxygen atoms in total. The third-order valence-corrected chi connectivity index (χ3v) is 4.71. The molecule has 33 heavy (non-hydrogen) atoms. The van der Waals surface area contributed by atoms with Gasteiger partial charge in [-0.15, -0.1) is 0 Å². The molecule has 0 fully saturated rings. The molecule has 0 atom stereocenters. The van der Waals surface area contributed by atoms with Crippen molar-refractivity contribution in [2.75, 3.05) is 0 Å². The van der Waals surface area contributed by atoms with Crippen LogP contribution in [0.5, 0.6) is 11.6 Å². The summed E-state index contributed by atoms with van der Waals surface area (Å²) < 4.78 is 73.9. The van der Waals surface area contributed by atoms with Gasteiger partial charge in [0, 0.05) is 23.4 Å². The van der Waals surface area contributed by atoms with Crippen LogP contribution >= 0.6 is 0 Å². The zero-order valence-corrected chi connectivity index (χ0v) is 16.4. The van der Waals surface area contributed by atoms with Gasteiger partial charge < -0.3 is 9.30 Å². The Morgan fingerprint density at radius 3 is 2.52 bits per heavy atom. The monoisotopic (exact) mass is 461 g/mol. The lowest BCUT2D eigenvalue weighted by atomic mass is 10.2. The Morgan fingerprint density at radius 2 is 1.82 bits per heavy atom. The maximum atomic E-state index is 14.0. The number of nitrogens with zero attached hydrogens (tertiary/aromatic N) is 3. The summed E-state index contributed by atoms with van der Waals surface area (Å²) in [5.41, 5.74) is -1.80. The van der Waals surface area contributed by atoms with Crippen molar-refractivity contribution >= 4 is 17.2 Å². The molecule has 0 bridgehead atoms. The van der Waals surface area contributed by atoms with Gasteiger partial charge in [-0.05, 0) is 30.3 Å². The summed E-state index contributed by atoms with van der Waals surface area (Å²) in [6.07, 6.45) is -2.52. The van der Waals surface area contributed by atoms with Crippen LogP contribution in [0.25, 0.3) is 10.9 Å². The standard InChI is InChI=1S/C22H12F5N3O3/c23-14-2-1-13(18(24)6-14)9-30-11-29-20(32)16-7-15(3-4-19(16)30)33-21-17(22(25,26)27)5-12(10-31)8-28-21/h1-8,10-11H,9H2. The molecular formula is C22H12F5N3O3. The molecule has 2 aromatic heterocycles. The number of benzene rings is 2. The summed E-state index contributed by atoms with van der Waals surface area (Å²) >= 11 is 0. The minimum absolute atomic E-state index is 0.00408. The van der Waals surface area contributed by atoms with Gasteiger partial charge in [0.1, 0.15) is 22.9 Å². The molecule has 4 aromatic rings. The van der Waals surface area contributed by atoms with E-state index in [0.29, 0.717) is 11.6 Å². The smallest absolute Gasteiger partial charge is 0.421 e.